The Morgan fingerprint density at radius 2 is 2.16 bits per heavy atom. The summed E-state index contributed by atoms with van der Waals surface area (Å²) >= 11 is 1.87. The highest BCUT2D eigenvalue weighted by Gasteiger charge is 2.45. The average molecular weight is 289 g/mol. The summed E-state index contributed by atoms with van der Waals surface area (Å²) in [6, 6.07) is 0.0159. The lowest BCUT2D eigenvalue weighted by atomic mass is 9.81. The van der Waals surface area contributed by atoms with E-state index in [-0.39, 0.29) is 12.0 Å². The smallest absolute Gasteiger partial charge is 0.404 e. The lowest BCUT2D eigenvalue weighted by Crippen LogP contribution is -2.50. The molecule has 1 amide bonds. The Labute approximate surface area is 118 Å². The minimum atomic E-state index is -0.936. The predicted molar refractivity (Wildman–Crippen MR) is 74.5 cm³/mol. The summed E-state index contributed by atoms with van der Waals surface area (Å²) in [6.07, 6.45) is 1.42. The fraction of sp³-hybridized carbons (Fsp3) is 0.923. The number of ether oxygens (including phenoxy) is 2. The average Bonchev–Trinajstić information content (AvgIpc) is 2.77. The summed E-state index contributed by atoms with van der Waals surface area (Å²) in [4.78, 5) is 10.9. The highest BCUT2D eigenvalue weighted by Crippen LogP contribution is 2.40. The van der Waals surface area contributed by atoms with Crippen molar-refractivity contribution in [3.63, 3.8) is 0 Å². The summed E-state index contributed by atoms with van der Waals surface area (Å²) in [7, 11) is 0. The van der Waals surface area contributed by atoms with E-state index in [1.807, 2.05) is 11.8 Å². The first-order valence-corrected chi connectivity index (χ1v) is 7.95. The first-order valence-electron chi connectivity index (χ1n) is 6.90. The second kappa shape index (κ2) is 6.33. The third-order valence-electron chi connectivity index (χ3n) is 3.74. The molecule has 1 saturated heterocycles. The van der Waals surface area contributed by atoms with E-state index < -0.39 is 11.9 Å². The van der Waals surface area contributed by atoms with Gasteiger partial charge in [-0.25, -0.2) is 4.79 Å². The SMILES string of the molecule is CC(C)SC[C@@H]1CC2(CC[C@@H]1NC(=O)O)OCCO2. The van der Waals surface area contributed by atoms with Crippen LogP contribution in [0, 0.1) is 5.92 Å². The molecule has 1 aliphatic heterocycles. The zero-order valence-corrected chi connectivity index (χ0v) is 12.4. The van der Waals surface area contributed by atoms with Crippen molar-refractivity contribution in [2.75, 3.05) is 19.0 Å². The van der Waals surface area contributed by atoms with Crippen molar-refractivity contribution in [1.82, 2.24) is 5.32 Å². The fourth-order valence-corrected chi connectivity index (χ4v) is 3.84. The molecule has 2 aliphatic rings. The Balaban J connectivity index is 1.98. The van der Waals surface area contributed by atoms with E-state index in [1.54, 1.807) is 0 Å². The van der Waals surface area contributed by atoms with Gasteiger partial charge in [0.05, 0.1) is 13.2 Å². The summed E-state index contributed by atoms with van der Waals surface area (Å²) in [5.41, 5.74) is 0. The van der Waals surface area contributed by atoms with Gasteiger partial charge in [0.25, 0.3) is 0 Å². The van der Waals surface area contributed by atoms with Crippen LogP contribution < -0.4 is 5.32 Å². The molecule has 1 aliphatic carbocycles. The summed E-state index contributed by atoms with van der Waals surface area (Å²) in [6.45, 7) is 5.62. The summed E-state index contributed by atoms with van der Waals surface area (Å²) < 4.78 is 11.5. The van der Waals surface area contributed by atoms with Crippen LogP contribution in [-0.4, -0.2) is 47.2 Å². The molecule has 0 unspecified atom stereocenters. The van der Waals surface area contributed by atoms with Gasteiger partial charge < -0.3 is 19.9 Å². The second-order valence-electron chi connectivity index (χ2n) is 5.55. The van der Waals surface area contributed by atoms with Crippen molar-refractivity contribution in [1.29, 1.82) is 0 Å². The van der Waals surface area contributed by atoms with Gasteiger partial charge in [-0.05, 0) is 23.3 Å². The molecular weight excluding hydrogens is 266 g/mol. The van der Waals surface area contributed by atoms with Crippen molar-refractivity contribution in [2.45, 2.75) is 50.2 Å². The summed E-state index contributed by atoms with van der Waals surface area (Å²) in [5.74, 6) is 0.769. The van der Waals surface area contributed by atoms with E-state index in [0.29, 0.717) is 18.5 Å². The van der Waals surface area contributed by atoms with Crippen LogP contribution in [0.4, 0.5) is 4.79 Å². The number of rotatable bonds is 4. The van der Waals surface area contributed by atoms with Gasteiger partial charge in [0.2, 0.25) is 0 Å². The van der Waals surface area contributed by atoms with Crippen LogP contribution >= 0.6 is 11.8 Å². The molecule has 1 spiro atoms. The Hall–Kier alpha value is -0.460. The maximum Gasteiger partial charge on any atom is 0.404 e. The van der Waals surface area contributed by atoms with Crippen LogP contribution in [-0.2, 0) is 9.47 Å². The molecule has 0 aromatic heterocycles. The van der Waals surface area contributed by atoms with E-state index >= 15 is 0 Å². The number of carboxylic acid groups (broad SMARTS) is 1. The molecule has 0 aromatic rings. The standard InChI is InChI=1S/C13H23NO4S/c1-9(2)19-8-10-7-13(17-5-6-18-13)4-3-11(10)14-12(15)16/h9-11,14H,3-8H2,1-2H3,(H,15,16)/t10-,11-/m0/s1. The molecule has 1 heterocycles. The monoisotopic (exact) mass is 289 g/mol. The number of amides is 1. The first-order chi connectivity index (χ1) is 9.01. The molecule has 110 valence electrons. The molecule has 5 nitrogen and oxygen atoms in total. The fourth-order valence-electron chi connectivity index (χ4n) is 2.85. The Kier molecular flexibility index (Phi) is 4.97. The molecular formula is C13H23NO4S. The Morgan fingerprint density at radius 3 is 2.74 bits per heavy atom. The van der Waals surface area contributed by atoms with Crippen molar-refractivity contribution < 1.29 is 19.4 Å². The van der Waals surface area contributed by atoms with E-state index in [1.165, 1.54) is 0 Å². The molecule has 2 atom stereocenters. The number of thioether (sulfide) groups is 1. The molecule has 2 rings (SSSR count). The van der Waals surface area contributed by atoms with Crippen LogP contribution in [0.3, 0.4) is 0 Å². The van der Waals surface area contributed by atoms with E-state index in [0.717, 1.165) is 25.0 Å². The minimum absolute atomic E-state index is 0.0159. The normalized spacial score (nSPS) is 29.8. The molecule has 0 bridgehead atoms. The molecule has 2 N–H and O–H groups in total. The third-order valence-corrected chi connectivity index (χ3v) is 5.03. The predicted octanol–water partition coefficient (Wildman–Crippen LogP) is 2.31. The van der Waals surface area contributed by atoms with Gasteiger partial charge in [0.1, 0.15) is 0 Å². The number of carbonyl (C=O) groups is 1. The van der Waals surface area contributed by atoms with Gasteiger partial charge in [-0.15, -0.1) is 0 Å². The Bertz CT molecular complexity index is 318. The molecule has 0 aromatic carbocycles. The lowest BCUT2D eigenvalue weighted by molar-refractivity contribution is -0.188. The van der Waals surface area contributed by atoms with Gasteiger partial charge in [-0.3, -0.25) is 0 Å². The molecule has 2 fully saturated rings. The second-order valence-corrected chi connectivity index (χ2v) is 7.16. The largest absolute Gasteiger partial charge is 0.465 e. The summed E-state index contributed by atoms with van der Waals surface area (Å²) in [5, 5.41) is 12.1. The van der Waals surface area contributed by atoms with Crippen molar-refractivity contribution in [2.24, 2.45) is 5.92 Å². The maximum absolute atomic E-state index is 10.9. The first kappa shape index (κ1) is 14.9. The van der Waals surface area contributed by atoms with Crippen LogP contribution in [0.15, 0.2) is 0 Å². The highest BCUT2D eigenvalue weighted by molar-refractivity contribution is 7.99. The molecule has 1 saturated carbocycles. The molecule has 0 radical (unpaired) electrons. The van der Waals surface area contributed by atoms with Crippen molar-refractivity contribution in [3.8, 4) is 0 Å². The van der Waals surface area contributed by atoms with Gasteiger partial charge in [0, 0.05) is 18.9 Å². The molecule has 19 heavy (non-hydrogen) atoms. The van der Waals surface area contributed by atoms with Gasteiger partial charge in [-0.2, -0.15) is 11.8 Å². The lowest BCUT2D eigenvalue weighted by Gasteiger charge is -2.41. The van der Waals surface area contributed by atoms with E-state index in [9.17, 15) is 4.79 Å². The highest BCUT2D eigenvalue weighted by atomic mass is 32.2. The van der Waals surface area contributed by atoms with E-state index in [4.69, 9.17) is 14.6 Å². The van der Waals surface area contributed by atoms with Crippen molar-refractivity contribution in [3.05, 3.63) is 0 Å². The quantitative estimate of drug-likeness (QED) is 0.831. The van der Waals surface area contributed by atoms with Gasteiger partial charge >= 0.3 is 6.09 Å². The number of nitrogens with one attached hydrogen (secondary N) is 1. The number of hydrogen-bond donors (Lipinski definition) is 2. The van der Waals surface area contributed by atoms with Crippen LogP contribution in [0.5, 0.6) is 0 Å². The molecule has 6 heteroatoms. The minimum Gasteiger partial charge on any atom is -0.465 e. The van der Waals surface area contributed by atoms with Gasteiger partial charge in [0.15, 0.2) is 5.79 Å². The maximum atomic E-state index is 10.9. The van der Waals surface area contributed by atoms with Crippen LogP contribution in [0.1, 0.15) is 33.1 Å². The zero-order chi connectivity index (χ0) is 13.9. The van der Waals surface area contributed by atoms with E-state index in [2.05, 4.69) is 19.2 Å². The zero-order valence-electron chi connectivity index (χ0n) is 11.6. The number of hydrogen-bond acceptors (Lipinski definition) is 4. The Morgan fingerprint density at radius 1 is 1.47 bits per heavy atom. The van der Waals surface area contributed by atoms with Crippen molar-refractivity contribution >= 4 is 17.9 Å². The van der Waals surface area contributed by atoms with Gasteiger partial charge in [-0.1, -0.05) is 13.8 Å². The topological polar surface area (TPSA) is 67.8 Å². The van der Waals surface area contributed by atoms with Crippen LogP contribution in [0.2, 0.25) is 0 Å². The third kappa shape index (κ3) is 4.00. The van der Waals surface area contributed by atoms with Crippen LogP contribution in [0.25, 0.3) is 0 Å².